The third kappa shape index (κ3) is 7.37. The number of aromatic nitrogens is 2. The van der Waals surface area contributed by atoms with Gasteiger partial charge in [-0.2, -0.15) is 10.2 Å². The summed E-state index contributed by atoms with van der Waals surface area (Å²) in [6.07, 6.45) is 5.97. The van der Waals surface area contributed by atoms with Gasteiger partial charge in [0.2, 0.25) is 0 Å². The first-order valence-electron chi connectivity index (χ1n) is 14.2. The molecule has 1 saturated carbocycles. The molecule has 1 aliphatic carbocycles. The van der Waals surface area contributed by atoms with E-state index in [1.165, 1.54) is 34.8 Å². The summed E-state index contributed by atoms with van der Waals surface area (Å²) >= 11 is 2.68. The summed E-state index contributed by atoms with van der Waals surface area (Å²) in [4.78, 5) is 45.9. The minimum atomic E-state index is -1.01. The predicted molar refractivity (Wildman–Crippen MR) is 181 cm³/mol. The fraction of sp³-hybridized carbons (Fsp3) is 0.0882. The maximum absolute atomic E-state index is 13.3. The molecular formula is C34H26N6O4S2. The van der Waals surface area contributed by atoms with E-state index in [-0.39, 0.29) is 17.3 Å². The Balaban J connectivity index is 1.07. The van der Waals surface area contributed by atoms with Crippen LogP contribution >= 0.6 is 22.7 Å². The lowest BCUT2D eigenvalue weighted by Gasteiger charge is -2.16. The Morgan fingerprint density at radius 3 is 2.04 bits per heavy atom. The van der Waals surface area contributed by atoms with Gasteiger partial charge in [-0.1, -0.05) is 24.3 Å². The SMILES string of the molecule is Nc1nc(-c2ccc(/C=C3/CCC/C(=C\c4csc(NC(=O)c5ccc(N=Nc6ccc(C(=O)O)cc6)cc5)n4)C3=O)cc2)cs1. The number of carboxylic acid groups (broad SMARTS) is 1. The molecule has 1 fully saturated rings. The maximum Gasteiger partial charge on any atom is 0.335 e. The number of Topliss-reactive ketones (excluding diaryl/α,β-unsaturated/α-hetero) is 1. The molecular weight excluding hydrogens is 621 g/mol. The van der Waals surface area contributed by atoms with Crippen LogP contribution in [0.15, 0.2) is 105 Å². The second-order valence-corrected chi connectivity index (χ2v) is 12.1. The van der Waals surface area contributed by atoms with Crippen molar-refractivity contribution in [3.63, 3.8) is 0 Å². The van der Waals surface area contributed by atoms with Gasteiger partial charge in [0.05, 0.1) is 28.3 Å². The molecule has 5 aromatic rings. The number of carbonyl (C=O) groups is 3. The number of ketones is 1. The lowest BCUT2D eigenvalue weighted by atomic mass is 9.87. The van der Waals surface area contributed by atoms with Gasteiger partial charge in [0.25, 0.3) is 5.91 Å². The normalized spacial score (nSPS) is 15.1. The van der Waals surface area contributed by atoms with Gasteiger partial charge in [0.15, 0.2) is 16.0 Å². The Hall–Kier alpha value is -5.59. The smallest absolute Gasteiger partial charge is 0.335 e. The van der Waals surface area contributed by atoms with Crippen LogP contribution in [0.5, 0.6) is 0 Å². The van der Waals surface area contributed by atoms with Crippen LogP contribution in [0.25, 0.3) is 23.4 Å². The van der Waals surface area contributed by atoms with Crippen molar-refractivity contribution < 1.29 is 19.5 Å². The number of nitrogen functional groups attached to an aromatic ring is 1. The molecule has 4 N–H and O–H groups in total. The zero-order valence-electron chi connectivity index (χ0n) is 24.2. The molecule has 0 aliphatic heterocycles. The number of allylic oxidation sites excluding steroid dienone is 2. The molecule has 6 rings (SSSR count). The molecule has 0 atom stereocenters. The molecule has 0 bridgehead atoms. The van der Waals surface area contributed by atoms with Crippen LogP contribution in [0.4, 0.5) is 21.6 Å². The molecule has 3 aromatic carbocycles. The third-order valence-corrected chi connectivity index (χ3v) is 8.58. The van der Waals surface area contributed by atoms with E-state index in [0.717, 1.165) is 28.8 Å². The standard InChI is InChI=1S/C34H26N6O4S2/c35-33-37-29(19-45-33)21-6-4-20(5-7-21)16-24-2-1-3-25(30(24)41)17-28-18-46-34(36-28)38-31(42)22-8-12-26(13-9-22)39-40-27-14-10-23(11-15-27)32(43)44/h4-19H,1-3H2,(H2,35,37)(H,43,44)(H,36,38,42)/b24-16-,25-17+,40-39?. The molecule has 10 nitrogen and oxygen atoms in total. The van der Waals surface area contributed by atoms with Crippen molar-refractivity contribution in [3.8, 4) is 11.3 Å². The number of nitrogens with two attached hydrogens (primary N) is 1. The van der Waals surface area contributed by atoms with Crippen molar-refractivity contribution in [3.05, 3.63) is 117 Å². The molecule has 0 unspecified atom stereocenters. The number of azo groups is 1. The van der Waals surface area contributed by atoms with Crippen LogP contribution in [0.3, 0.4) is 0 Å². The molecule has 1 amide bonds. The van der Waals surface area contributed by atoms with E-state index in [1.807, 2.05) is 41.1 Å². The van der Waals surface area contributed by atoms with Crippen molar-refractivity contribution >= 4 is 74.1 Å². The summed E-state index contributed by atoms with van der Waals surface area (Å²) in [6, 6.07) is 20.5. The van der Waals surface area contributed by atoms with Crippen LogP contribution in [0.2, 0.25) is 0 Å². The van der Waals surface area contributed by atoms with Crippen LogP contribution in [-0.2, 0) is 4.79 Å². The molecule has 12 heteroatoms. The van der Waals surface area contributed by atoms with Gasteiger partial charge >= 0.3 is 5.97 Å². The number of anilines is 2. The second-order valence-electron chi connectivity index (χ2n) is 10.3. The quantitative estimate of drug-likeness (QED) is 0.113. The van der Waals surface area contributed by atoms with Gasteiger partial charge in [-0.15, -0.1) is 22.7 Å². The van der Waals surface area contributed by atoms with Crippen molar-refractivity contribution in [2.45, 2.75) is 19.3 Å². The average molecular weight is 647 g/mol. The Labute approximate surface area is 271 Å². The number of aromatic carboxylic acids is 1. The molecule has 2 aromatic heterocycles. The molecule has 46 heavy (non-hydrogen) atoms. The Morgan fingerprint density at radius 1 is 0.804 bits per heavy atom. The first kappa shape index (κ1) is 30.4. The topological polar surface area (TPSA) is 160 Å². The average Bonchev–Trinajstić information content (AvgIpc) is 3.71. The van der Waals surface area contributed by atoms with Crippen molar-refractivity contribution in [2.75, 3.05) is 11.1 Å². The number of hydrogen-bond donors (Lipinski definition) is 3. The van der Waals surface area contributed by atoms with Crippen LogP contribution in [0.1, 0.15) is 51.2 Å². The molecule has 228 valence electrons. The fourth-order valence-corrected chi connectivity index (χ4v) is 6.01. The number of carboxylic acids is 1. The monoisotopic (exact) mass is 646 g/mol. The highest BCUT2D eigenvalue weighted by atomic mass is 32.1. The lowest BCUT2D eigenvalue weighted by molar-refractivity contribution is -0.112. The van der Waals surface area contributed by atoms with E-state index < -0.39 is 5.97 Å². The zero-order valence-corrected chi connectivity index (χ0v) is 25.8. The largest absolute Gasteiger partial charge is 0.478 e. The van der Waals surface area contributed by atoms with Crippen molar-refractivity contribution in [1.82, 2.24) is 9.97 Å². The number of carbonyl (C=O) groups excluding carboxylic acids is 2. The van der Waals surface area contributed by atoms with E-state index in [2.05, 4.69) is 25.5 Å². The van der Waals surface area contributed by atoms with Gasteiger partial charge in [-0.05, 0) is 85.5 Å². The van der Waals surface area contributed by atoms with Crippen molar-refractivity contribution in [2.24, 2.45) is 10.2 Å². The third-order valence-electron chi connectivity index (χ3n) is 7.13. The van der Waals surface area contributed by atoms with Crippen LogP contribution < -0.4 is 11.1 Å². The highest BCUT2D eigenvalue weighted by molar-refractivity contribution is 7.14. The van der Waals surface area contributed by atoms with Gasteiger partial charge in [0.1, 0.15) is 0 Å². The van der Waals surface area contributed by atoms with E-state index >= 15 is 0 Å². The maximum atomic E-state index is 13.3. The number of amides is 1. The highest BCUT2D eigenvalue weighted by Gasteiger charge is 2.21. The van der Waals surface area contributed by atoms with E-state index in [0.29, 0.717) is 51.3 Å². The van der Waals surface area contributed by atoms with Gasteiger partial charge in [-0.25, -0.2) is 14.8 Å². The molecule has 0 spiro atoms. The molecule has 2 heterocycles. The summed E-state index contributed by atoms with van der Waals surface area (Å²) in [6.45, 7) is 0. The van der Waals surface area contributed by atoms with Crippen LogP contribution in [0, 0.1) is 0 Å². The van der Waals surface area contributed by atoms with Gasteiger partial charge in [0, 0.05) is 33.0 Å². The molecule has 0 radical (unpaired) electrons. The second kappa shape index (κ2) is 13.6. The first-order valence-corrected chi connectivity index (χ1v) is 16.0. The Morgan fingerprint density at radius 2 is 1.43 bits per heavy atom. The number of nitrogens with one attached hydrogen (secondary N) is 1. The van der Waals surface area contributed by atoms with Crippen molar-refractivity contribution in [1.29, 1.82) is 0 Å². The fourth-order valence-electron chi connectivity index (χ4n) is 4.77. The number of benzene rings is 3. The molecule has 0 saturated heterocycles. The van der Waals surface area contributed by atoms with E-state index in [1.54, 1.807) is 42.5 Å². The summed E-state index contributed by atoms with van der Waals surface area (Å²) in [5.41, 5.74) is 12.2. The predicted octanol–water partition coefficient (Wildman–Crippen LogP) is 8.43. The number of nitrogens with zero attached hydrogens (tertiary/aromatic N) is 4. The molecule has 1 aliphatic rings. The Kier molecular flexibility index (Phi) is 8.99. The Bertz CT molecular complexity index is 2010. The minimum absolute atomic E-state index is 0.00991. The summed E-state index contributed by atoms with van der Waals surface area (Å²) < 4.78 is 0. The highest BCUT2D eigenvalue weighted by Crippen LogP contribution is 2.30. The summed E-state index contributed by atoms with van der Waals surface area (Å²) in [5.74, 6) is -1.33. The summed E-state index contributed by atoms with van der Waals surface area (Å²) in [7, 11) is 0. The van der Waals surface area contributed by atoms with E-state index in [9.17, 15) is 14.4 Å². The van der Waals surface area contributed by atoms with Gasteiger partial charge < -0.3 is 10.8 Å². The van der Waals surface area contributed by atoms with Crippen LogP contribution in [-0.4, -0.2) is 32.7 Å². The van der Waals surface area contributed by atoms with E-state index in [4.69, 9.17) is 10.8 Å². The number of rotatable bonds is 8. The number of hydrogen-bond acceptors (Lipinski definition) is 10. The first-order chi connectivity index (χ1) is 22.3. The number of thiazole rings is 2. The minimum Gasteiger partial charge on any atom is -0.478 e. The summed E-state index contributed by atoms with van der Waals surface area (Å²) in [5, 5.41) is 24.7. The van der Waals surface area contributed by atoms with Gasteiger partial charge in [-0.3, -0.25) is 14.9 Å². The lowest BCUT2D eigenvalue weighted by Crippen LogP contribution is -2.12. The zero-order chi connectivity index (χ0) is 32.0.